The van der Waals surface area contributed by atoms with Gasteiger partial charge in [-0.15, -0.1) is 0 Å². The smallest absolute Gasteiger partial charge is 0.339 e. The zero-order valence-electron chi connectivity index (χ0n) is 7.58. The first-order valence-electron chi connectivity index (χ1n) is 4.01. The lowest BCUT2D eigenvalue weighted by Crippen LogP contribution is -2.04. The maximum atomic E-state index is 10.8. The second-order valence-corrected chi connectivity index (χ2v) is 3.46. The van der Waals surface area contributed by atoms with E-state index in [0.29, 0.717) is 22.5 Å². The molecule has 0 radical (unpaired) electrons. The van der Waals surface area contributed by atoms with E-state index in [1.165, 1.54) is 12.1 Å². The summed E-state index contributed by atoms with van der Waals surface area (Å²) in [6.45, 7) is 2.19. The first-order chi connectivity index (χ1) is 6.56. The maximum Gasteiger partial charge on any atom is 0.339 e. The van der Waals surface area contributed by atoms with Crippen molar-refractivity contribution in [3.05, 3.63) is 22.2 Å². The van der Waals surface area contributed by atoms with E-state index in [1.807, 2.05) is 0 Å². The minimum absolute atomic E-state index is 0.105. The molecule has 76 valence electrons. The number of benzene rings is 1. The predicted octanol–water partition coefficient (Wildman–Crippen LogP) is 2.13. The number of carboxylic acid groups (broad SMARTS) is 1. The van der Waals surface area contributed by atoms with Gasteiger partial charge in [0.1, 0.15) is 11.3 Å². The molecule has 0 saturated carbocycles. The van der Waals surface area contributed by atoms with Gasteiger partial charge in [0.05, 0.1) is 6.61 Å². The van der Waals surface area contributed by atoms with Crippen LogP contribution in [-0.4, -0.2) is 17.7 Å². The van der Waals surface area contributed by atoms with Crippen LogP contribution in [0.15, 0.2) is 16.6 Å². The molecule has 14 heavy (non-hydrogen) atoms. The van der Waals surface area contributed by atoms with Gasteiger partial charge in [-0.2, -0.15) is 0 Å². The zero-order chi connectivity index (χ0) is 10.7. The third kappa shape index (κ3) is 2.17. The molecule has 0 spiro atoms. The van der Waals surface area contributed by atoms with Crippen molar-refractivity contribution in [1.82, 2.24) is 0 Å². The Morgan fingerprint density at radius 2 is 2.29 bits per heavy atom. The minimum atomic E-state index is -1.03. The predicted molar refractivity (Wildman–Crippen MR) is 56.7 cm³/mol. The van der Waals surface area contributed by atoms with E-state index in [-0.39, 0.29) is 5.56 Å². The van der Waals surface area contributed by atoms with Crippen LogP contribution in [-0.2, 0) is 0 Å². The lowest BCUT2D eigenvalue weighted by atomic mass is 10.2. The van der Waals surface area contributed by atoms with Crippen LogP contribution in [0.4, 0.5) is 5.69 Å². The first-order valence-corrected chi connectivity index (χ1v) is 4.80. The van der Waals surface area contributed by atoms with Crippen LogP contribution in [0.25, 0.3) is 0 Å². The highest BCUT2D eigenvalue weighted by Gasteiger charge is 2.13. The number of hydrogen-bond donors (Lipinski definition) is 2. The lowest BCUT2D eigenvalue weighted by Gasteiger charge is -2.09. The fourth-order valence-corrected chi connectivity index (χ4v) is 1.35. The molecule has 0 heterocycles. The second-order valence-electron chi connectivity index (χ2n) is 2.61. The van der Waals surface area contributed by atoms with Gasteiger partial charge in [0.15, 0.2) is 0 Å². The fraction of sp³-hybridized carbons (Fsp3) is 0.222. The molecular weight excluding hydrogens is 250 g/mol. The van der Waals surface area contributed by atoms with Gasteiger partial charge in [0.25, 0.3) is 0 Å². The van der Waals surface area contributed by atoms with Crippen LogP contribution in [0.5, 0.6) is 5.75 Å². The molecule has 3 N–H and O–H groups in total. The van der Waals surface area contributed by atoms with Crippen LogP contribution in [0.1, 0.15) is 17.3 Å². The van der Waals surface area contributed by atoms with E-state index in [2.05, 4.69) is 15.9 Å². The quantitative estimate of drug-likeness (QED) is 0.816. The van der Waals surface area contributed by atoms with E-state index in [9.17, 15) is 4.79 Å². The normalized spacial score (nSPS) is 9.86. The van der Waals surface area contributed by atoms with Crippen LogP contribution in [0.3, 0.4) is 0 Å². The van der Waals surface area contributed by atoms with Crippen LogP contribution in [0, 0.1) is 0 Å². The van der Waals surface area contributed by atoms with Gasteiger partial charge in [0.2, 0.25) is 0 Å². The minimum Gasteiger partial charge on any atom is -0.493 e. The van der Waals surface area contributed by atoms with E-state index in [0.717, 1.165) is 0 Å². The van der Waals surface area contributed by atoms with Gasteiger partial charge in [-0.3, -0.25) is 0 Å². The highest BCUT2D eigenvalue weighted by Crippen LogP contribution is 2.29. The molecular formula is C9H10BrNO3. The van der Waals surface area contributed by atoms with E-state index >= 15 is 0 Å². The molecule has 1 aromatic rings. The molecule has 0 unspecified atom stereocenters. The number of rotatable bonds is 3. The molecule has 0 amide bonds. The van der Waals surface area contributed by atoms with Crippen molar-refractivity contribution < 1.29 is 14.6 Å². The summed E-state index contributed by atoms with van der Waals surface area (Å²) in [6.07, 6.45) is 0. The molecule has 0 bridgehead atoms. The molecule has 0 saturated heterocycles. The first kappa shape index (κ1) is 10.8. The van der Waals surface area contributed by atoms with Gasteiger partial charge in [0, 0.05) is 16.2 Å². The largest absolute Gasteiger partial charge is 0.493 e. The van der Waals surface area contributed by atoms with Crippen molar-refractivity contribution in [1.29, 1.82) is 0 Å². The summed E-state index contributed by atoms with van der Waals surface area (Å²) in [7, 11) is 0. The maximum absolute atomic E-state index is 10.8. The molecule has 4 nitrogen and oxygen atoms in total. The van der Waals surface area contributed by atoms with E-state index in [4.69, 9.17) is 15.6 Å². The molecule has 0 atom stereocenters. The molecule has 0 fully saturated rings. The van der Waals surface area contributed by atoms with Crippen molar-refractivity contribution in [2.75, 3.05) is 12.3 Å². The van der Waals surface area contributed by atoms with Crippen molar-refractivity contribution in [3.63, 3.8) is 0 Å². The van der Waals surface area contributed by atoms with Crippen LogP contribution in [0.2, 0.25) is 0 Å². The third-order valence-electron chi connectivity index (χ3n) is 1.63. The van der Waals surface area contributed by atoms with E-state index in [1.54, 1.807) is 6.92 Å². The van der Waals surface area contributed by atoms with Crippen molar-refractivity contribution in [2.24, 2.45) is 0 Å². The Balaban J connectivity index is 3.24. The van der Waals surface area contributed by atoms with E-state index < -0.39 is 5.97 Å². The van der Waals surface area contributed by atoms with Crippen molar-refractivity contribution >= 4 is 27.6 Å². The Labute approximate surface area is 89.8 Å². The van der Waals surface area contributed by atoms with Crippen LogP contribution >= 0.6 is 15.9 Å². The number of hydrogen-bond acceptors (Lipinski definition) is 3. The molecule has 1 aromatic carbocycles. The molecule has 1 rings (SSSR count). The standard InChI is InChI=1S/C9H10BrNO3/c1-2-14-8-4-7(11)6(10)3-5(8)9(12)13/h3-4H,2,11H2,1H3,(H,12,13). The summed E-state index contributed by atoms with van der Waals surface area (Å²) in [6, 6.07) is 2.93. The number of ether oxygens (including phenoxy) is 1. The second kappa shape index (κ2) is 4.32. The topological polar surface area (TPSA) is 72.5 Å². The van der Waals surface area contributed by atoms with Crippen LogP contribution < -0.4 is 10.5 Å². The fourth-order valence-electron chi connectivity index (χ4n) is 1.01. The Morgan fingerprint density at radius 1 is 1.64 bits per heavy atom. The number of nitrogen functional groups attached to an aromatic ring is 1. The molecule has 0 aliphatic heterocycles. The third-order valence-corrected chi connectivity index (χ3v) is 2.32. The number of halogens is 1. The van der Waals surface area contributed by atoms with Gasteiger partial charge in [-0.25, -0.2) is 4.79 Å². The number of carboxylic acids is 1. The number of aromatic carboxylic acids is 1. The molecule has 0 aliphatic rings. The molecule has 0 aromatic heterocycles. The number of carbonyl (C=O) groups is 1. The highest BCUT2D eigenvalue weighted by atomic mass is 79.9. The molecule has 0 aliphatic carbocycles. The summed E-state index contributed by atoms with van der Waals surface area (Å²) in [5, 5.41) is 8.87. The van der Waals surface area contributed by atoms with Crippen molar-refractivity contribution in [2.45, 2.75) is 6.92 Å². The Hall–Kier alpha value is -1.23. The van der Waals surface area contributed by atoms with Gasteiger partial charge in [-0.05, 0) is 28.9 Å². The summed E-state index contributed by atoms with van der Waals surface area (Å²) in [4.78, 5) is 10.8. The zero-order valence-corrected chi connectivity index (χ0v) is 9.17. The summed E-state index contributed by atoms with van der Waals surface area (Å²) in [5.74, 6) is -0.741. The average Bonchev–Trinajstić information content (AvgIpc) is 2.11. The number of nitrogens with two attached hydrogens (primary N) is 1. The Bertz CT molecular complexity index is 365. The lowest BCUT2D eigenvalue weighted by molar-refractivity contribution is 0.0692. The molecule has 5 heteroatoms. The summed E-state index contributed by atoms with van der Waals surface area (Å²) >= 11 is 3.16. The van der Waals surface area contributed by atoms with Gasteiger partial charge in [-0.1, -0.05) is 0 Å². The number of anilines is 1. The highest BCUT2D eigenvalue weighted by molar-refractivity contribution is 9.10. The Kier molecular flexibility index (Phi) is 3.35. The summed E-state index contributed by atoms with van der Waals surface area (Å²) in [5.41, 5.74) is 6.16. The average molecular weight is 260 g/mol. The Morgan fingerprint density at radius 3 is 2.79 bits per heavy atom. The van der Waals surface area contributed by atoms with Gasteiger partial charge >= 0.3 is 5.97 Å². The monoisotopic (exact) mass is 259 g/mol. The SMILES string of the molecule is CCOc1cc(N)c(Br)cc1C(=O)O. The summed E-state index contributed by atoms with van der Waals surface area (Å²) < 4.78 is 5.71. The van der Waals surface area contributed by atoms with Gasteiger partial charge < -0.3 is 15.6 Å². The van der Waals surface area contributed by atoms with Crippen molar-refractivity contribution in [3.8, 4) is 5.75 Å².